The van der Waals surface area contributed by atoms with Crippen LogP contribution in [0.1, 0.15) is 18.2 Å². The van der Waals surface area contributed by atoms with Crippen molar-refractivity contribution in [2.24, 2.45) is 0 Å². The van der Waals surface area contributed by atoms with Crippen LogP contribution < -0.4 is 4.90 Å². The van der Waals surface area contributed by atoms with Gasteiger partial charge in [0.2, 0.25) is 0 Å². The van der Waals surface area contributed by atoms with E-state index in [2.05, 4.69) is 99.2 Å². The first-order valence-corrected chi connectivity index (χ1v) is 12.5. The molecular formula is C29H35N7. The number of fused-ring (bicyclic) bond motifs is 1. The molecule has 0 unspecified atom stereocenters. The highest BCUT2D eigenvalue weighted by Crippen LogP contribution is 2.34. The minimum absolute atomic E-state index is 0.932. The number of rotatable bonds is 6. The summed E-state index contributed by atoms with van der Waals surface area (Å²) in [6, 6.07) is 10.8. The van der Waals surface area contributed by atoms with Crippen molar-refractivity contribution in [2.75, 3.05) is 52.2 Å². The highest BCUT2D eigenvalue weighted by molar-refractivity contribution is 5.95. The molecule has 4 aromatic rings. The number of hydrogen-bond acceptors (Lipinski definition) is 5. The third kappa shape index (κ3) is 4.66. The van der Waals surface area contributed by atoms with Crippen LogP contribution in [0.5, 0.6) is 0 Å². The maximum Gasteiger partial charge on any atom is 0.116 e. The fourth-order valence-electron chi connectivity index (χ4n) is 4.78. The van der Waals surface area contributed by atoms with E-state index < -0.39 is 0 Å². The van der Waals surface area contributed by atoms with Gasteiger partial charge in [-0.15, -0.1) is 0 Å². The van der Waals surface area contributed by atoms with Crippen LogP contribution >= 0.6 is 0 Å². The molecule has 7 nitrogen and oxygen atoms in total. The lowest BCUT2D eigenvalue weighted by Crippen LogP contribution is -2.43. The quantitative estimate of drug-likeness (QED) is 0.373. The molecule has 2 N–H and O–H groups in total. The van der Waals surface area contributed by atoms with Crippen molar-refractivity contribution in [1.82, 2.24) is 30.0 Å². The maximum atomic E-state index is 4.71. The number of hydrogen-bond donors (Lipinski definition) is 2. The van der Waals surface area contributed by atoms with Crippen molar-refractivity contribution in [2.45, 2.75) is 13.8 Å². The Bertz CT molecular complexity index is 1410. The molecule has 0 radical (unpaired) electrons. The van der Waals surface area contributed by atoms with Gasteiger partial charge in [0.25, 0.3) is 0 Å². The number of aryl methyl sites for hydroxylation is 1. The molecule has 1 aliphatic rings. The van der Waals surface area contributed by atoms with E-state index >= 15 is 0 Å². The first kappa shape index (κ1) is 23.9. The summed E-state index contributed by atoms with van der Waals surface area (Å²) >= 11 is 0. The molecule has 0 amide bonds. The molecule has 4 heterocycles. The number of allylic oxidation sites excluding steroid dienone is 3. The van der Waals surface area contributed by atoms with Gasteiger partial charge >= 0.3 is 0 Å². The number of H-pyrrole nitrogens is 2. The number of nitrogens with one attached hydrogen (secondary N) is 2. The molecule has 1 aliphatic heterocycles. The van der Waals surface area contributed by atoms with Crippen LogP contribution in [0.4, 0.5) is 5.69 Å². The van der Waals surface area contributed by atoms with Crippen molar-refractivity contribution in [1.29, 1.82) is 0 Å². The molecule has 1 saturated heterocycles. The molecule has 0 saturated carbocycles. The molecule has 5 rings (SSSR count). The molecule has 7 heteroatoms. The zero-order valence-corrected chi connectivity index (χ0v) is 21.8. The highest BCUT2D eigenvalue weighted by Gasteiger charge is 2.21. The van der Waals surface area contributed by atoms with Gasteiger partial charge in [-0.05, 0) is 56.8 Å². The van der Waals surface area contributed by atoms with Crippen molar-refractivity contribution in [3.05, 3.63) is 72.2 Å². The van der Waals surface area contributed by atoms with Gasteiger partial charge in [0.05, 0.1) is 23.1 Å². The molecule has 3 aromatic heterocycles. The molecule has 0 atom stereocenters. The molecule has 0 bridgehead atoms. The zero-order valence-electron chi connectivity index (χ0n) is 21.8. The monoisotopic (exact) mass is 481 g/mol. The fourth-order valence-corrected chi connectivity index (χ4v) is 4.78. The Balaban J connectivity index is 1.54. The van der Waals surface area contributed by atoms with Gasteiger partial charge < -0.3 is 19.7 Å². The van der Waals surface area contributed by atoms with Crippen LogP contribution in [-0.2, 0) is 0 Å². The second-order valence-electron chi connectivity index (χ2n) is 9.75. The Hall–Kier alpha value is -3.84. The van der Waals surface area contributed by atoms with E-state index in [9.17, 15) is 0 Å². The van der Waals surface area contributed by atoms with Crippen LogP contribution in [0.2, 0.25) is 0 Å². The number of aromatic amines is 2. The summed E-state index contributed by atoms with van der Waals surface area (Å²) < 4.78 is 0. The van der Waals surface area contributed by atoms with Crippen LogP contribution in [0, 0.1) is 6.92 Å². The van der Waals surface area contributed by atoms with E-state index in [1.165, 1.54) is 11.3 Å². The third-order valence-corrected chi connectivity index (χ3v) is 6.97. The average molecular weight is 482 g/mol. The summed E-state index contributed by atoms with van der Waals surface area (Å²) in [4.78, 5) is 15.0. The number of likely N-dealkylation sites (N-methyl/N-ethyl adjacent to an activating group) is 1. The minimum atomic E-state index is 0.932. The second kappa shape index (κ2) is 10.0. The van der Waals surface area contributed by atoms with Crippen molar-refractivity contribution in [3.8, 4) is 22.5 Å². The van der Waals surface area contributed by atoms with Gasteiger partial charge in [-0.2, -0.15) is 5.10 Å². The van der Waals surface area contributed by atoms with Crippen LogP contribution in [-0.4, -0.2) is 77.3 Å². The van der Waals surface area contributed by atoms with Crippen molar-refractivity contribution in [3.63, 3.8) is 0 Å². The predicted octanol–water partition coefficient (Wildman–Crippen LogP) is 5.16. The average Bonchev–Trinajstić information content (AvgIpc) is 3.48. The summed E-state index contributed by atoms with van der Waals surface area (Å²) in [6.45, 7) is 8.39. The standard InChI is InChI=1S/C29H35N7/c1-6-7-8-28(36-13-11-35(5)12-14-36)24-17-27(31-20(24)2)29-25-16-21(9-10-26(25)32-33-29)22-15-23(34(3)4)19-30-18-22/h6-10,15-19,31H,11-14H2,1-5H3,(H,32,33)/b7-6-,28-8+. The van der Waals surface area contributed by atoms with Crippen LogP contribution in [0.15, 0.2) is 61.0 Å². The van der Waals surface area contributed by atoms with Gasteiger partial charge in [0, 0.05) is 74.4 Å². The SMILES string of the molecule is C/C=C\C=C(/c1cc(-c2n[nH]c3ccc(-c4cncc(N(C)C)c4)cc23)[nH]c1C)N1CCN(C)CC1. The van der Waals surface area contributed by atoms with E-state index in [1.54, 1.807) is 0 Å². The number of anilines is 1. The number of nitrogens with zero attached hydrogens (tertiary/aromatic N) is 5. The Morgan fingerprint density at radius 1 is 1.03 bits per heavy atom. The molecule has 186 valence electrons. The lowest BCUT2D eigenvalue weighted by atomic mass is 10.0. The summed E-state index contributed by atoms with van der Waals surface area (Å²) in [7, 11) is 6.26. The van der Waals surface area contributed by atoms with Gasteiger partial charge in [-0.1, -0.05) is 18.2 Å². The highest BCUT2D eigenvalue weighted by atomic mass is 15.3. The molecule has 1 aromatic carbocycles. The van der Waals surface area contributed by atoms with E-state index in [0.717, 1.165) is 71.0 Å². The lowest BCUT2D eigenvalue weighted by Gasteiger charge is -2.35. The lowest BCUT2D eigenvalue weighted by molar-refractivity contribution is 0.207. The summed E-state index contributed by atoms with van der Waals surface area (Å²) in [6.07, 6.45) is 10.2. The van der Waals surface area contributed by atoms with Gasteiger partial charge in [0.15, 0.2) is 0 Å². The Morgan fingerprint density at radius 3 is 2.58 bits per heavy atom. The topological polar surface area (TPSA) is 67.1 Å². The molecule has 36 heavy (non-hydrogen) atoms. The fraction of sp³-hybridized carbons (Fsp3) is 0.310. The molecule has 1 fully saturated rings. The minimum Gasteiger partial charge on any atom is -0.376 e. The smallest absolute Gasteiger partial charge is 0.116 e. The summed E-state index contributed by atoms with van der Waals surface area (Å²) in [5.41, 5.74) is 9.89. The Morgan fingerprint density at radius 2 is 1.83 bits per heavy atom. The normalized spacial score (nSPS) is 15.4. The van der Waals surface area contributed by atoms with E-state index in [0.29, 0.717) is 0 Å². The van der Waals surface area contributed by atoms with Gasteiger partial charge in [-0.25, -0.2) is 0 Å². The molecule has 0 spiro atoms. The van der Waals surface area contributed by atoms with Crippen LogP contribution in [0.25, 0.3) is 39.1 Å². The largest absolute Gasteiger partial charge is 0.376 e. The van der Waals surface area contributed by atoms with Crippen molar-refractivity contribution >= 4 is 22.3 Å². The van der Waals surface area contributed by atoms with E-state index in [1.807, 2.05) is 26.5 Å². The van der Waals surface area contributed by atoms with E-state index in [-0.39, 0.29) is 0 Å². The maximum absolute atomic E-state index is 4.71. The first-order chi connectivity index (χ1) is 17.4. The molecular weight excluding hydrogens is 446 g/mol. The number of piperazine rings is 1. The summed E-state index contributed by atoms with van der Waals surface area (Å²) in [5.74, 6) is 0. The van der Waals surface area contributed by atoms with Crippen LogP contribution in [0.3, 0.4) is 0 Å². The van der Waals surface area contributed by atoms with Gasteiger partial charge in [0.1, 0.15) is 5.69 Å². The first-order valence-electron chi connectivity index (χ1n) is 12.5. The molecule has 0 aliphatic carbocycles. The third-order valence-electron chi connectivity index (χ3n) is 6.97. The second-order valence-corrected chi connectivity index (χ2v) is 9.75. The predicted molar refractivity (Wildman–Crippen MR) is 150 cm³/mol. The van der Waals surface area contributed by atoms with E-state index in [4.69, 9.17) is 5.10 Å². The van der Waals surface area contributed by atoms with Gasteiger partial charge in [-0.3, -0.25) is 10.1 Å². The number of aromatic nitrogens is 4. The number of benzene rings is 1. The van der Waals surface area contributed by atoms with Crippen molar-refractivity contribution < 1.29 is 0 Å². The number of pyridine rings is 1. The Labute approximate surface area is 213 Å². The Kier molecular flexibility index (Phi) is 6.65. The zero-order chi connectivity index (χ0) is 25.2. The summed E-state index contributed by atoms with van der Waals surface area (Å²) in [5, 5.41) is 9.02.